The predicted molar refractivity (Wildman–Crippen MR) is 99.5 cm³/mol. The molecule has 0 N–H and O–H groups in total. The molecule has 0 atom stereocenters. The number of para-hydroxylation sites is 1. The van der Waals surface area contributed by atoms with Gasteiger partial charge in [-0.15, -0.1) is 0 Å². The lowest BCUT2D eigenvalue weighted by Gasteiger charge is -2.35. The van der Waals surface area contributed by atoms with E-state index in [0.29, 0.717) is 0 Å². The Morgan fingerprint density at radius 3 is 2.21 bits per heavy atom. The average molecular weight is 324 g/mol. The zero-order valence-electron chi connectivity index (χ0n) is 14.8. The first-order valence-corrected chi connectivity index (χ1v) is 8.95. The lowest BCUT2D eigenvalue weighted by atomic mass is 10.1. The van der Waals surface area contributed by atoms with Crippen LogP contribution in [0, 0.1) is 5.92 Å². The van der Waals surface area contributed by atoms with Crippen LogP contribution in [0.3, 0.4) is 0 Å². The van der Waals surface area contributed by atoms with Gasteiger partial charge in [-0.1, -0.05) is 44.2 Å². The van der Waals surface area contributed by atoms with Crippen molar-refractivity contribution in [1.82, 2.24) is 9.80 Å². The van der Waals surface area contributed by atoms with E-state index in [0.717, 1.165) is 37.1 Å². The summed E-state index contributed by atoms with van der Waals surface area (Å²) >= 11 is 0. The maximum Gasteiger partial charge on any atom is 0.127 e. The number of hydrogen-bond donors (Lipinski definition) is 0. The second-order valence-corrected chi connectivity index (χ2v) is 7.03. The van der Waals surface area contributed by atoms with Gasteiger partial charge in [-0.2, -0.15) is 0 Å². The van der Waals surface area contributed by atoms with Crippen molar-refractivity contribution in [2.75, 3.05) is 32.7 Å². The van der Waals surface area contributed by atoms with Crippen LogP contribution < -0.4 is 4.74 Å². The highest BCUT2D eigenvalue weighted by molar-refractivity contribution is 5.33. The third-order valence-electron chi connectivity index (χ3n) is 4.37. The predicted octanol–water partition coefficient (Wildman–Crippen LogP) is 4.25. The molecule has 3 rings (SSSR count). The van der Waals surface area contributed by atoms with Gasteiger partial charge in [0.05, 0.1) is 0 Å². The molecule has 2 aromatic carbocycles. The van der Waals surface area contributed by atoms with Crippen molar-refractivity contribution < 1.29 is 4.74 Å². The zero-order chi connectivity index (χ0) is 16.8. The molecular weight excluding hydrogens is 296 g/mol. The Hall–Kier alpha value is -1.84. The summed E-state index contributed by atoms with van der Waals surface area (Å²) in [5.74, 6) is 2.55. The molecule has 0 amide bonds. The number of piperazine rings is 1. The van der Waals surface area contributed by atoms with Gasteiger partial charge in [-0.05, 0) is 35.7 Å². The highest BCUT2D eigenvalue weighted by Gasteiger charge is 2.17. The van der Waals surface area contributed by atoms with Gasteiger partial charge in [0.25, 0.3) is 0 Å². The van der Waals surface area contributed by atoms with E-state index < -0.39 is 0 Å². The Morgan fingerprint density at radius 1 is 0.833 bits per heavy atom. The van der Waals surface area contributed by atoms with E-state index in [1.807, 2.05) is 36.4 Å². The molecule has 128 valence electrons. The van der Waals surface area contributed by atoms with Gasteiger partial charge < -0.3 is 9.64 Å². The van der Waals surface area contributed by atoms with Crippen molar-refractivity contribution in [3.05, 3.63) is 60.2 Å². The molecular formula is C21H28N2O. The normalized spacial score (nSPS) is 16.5. The molecule has 1 aliphatic heterocycles. The van der Waals surface area contributed by atoms with Crippen LogP contribution in [0.1, 0.15) is 19.4 Å². The second kappa shape index (κ2) is 8.32. The molecule has 3 heteroatoms. The monoisotopic (exact) mass is 324 g/mol. The highest BCUT2D eigenvalue weighted by Crippen LogP contribution is 2.22. The number of hydrogen-bond acceptors (Lipinski definition) is 3. The molecule has 1 saturated heterocycles. The Bertz CT molecular complexity index is 619. The second-order valence-electron chi connectivity index (χ2n) is 7.03. The smallest absolute Gasteiger partial charge is 0.127 e. The first-order chi connectivity index (χ1) is 11.7. The summed E-state index contributed by atoms with van der Waals surface area (Å²) in [5.41, 5.74) is 1.32. The number of rotatable bonds is 6. The van der Waals surface area contributed by atoms with Gasteiger partial charge in [-0.3, -0.25) is 4.90 Å². The fourth-order valence-corrected chi connectivity index (χ4v) is 3.24. The van der Waals surface area contributed by atoms with E-state index in [4.69, 9.17) is 4.74 Å². The van der Waals surface area contributed by atoms with E-state index in [2.05, 4.69) is 41.8 Å². The van der Waals surface area contributed by atoms with E-state index in [-0.39, 0.29) is 0 Å². The van der Waals surface area contributed by atoms with Crippen molar-refractivity contribution in [3.8, 4) is 11.5 Å². The summed E-state index contributed by atoms with van der Waals surface area (Å²) in [6, 6.07) is 18.4. The molecule has 2 aromatic rings. The summed E-state index contributed by atoms with van der Waals surface area (Å²) in [6.07, 6.45) is 0. The minimum absolute atomic E-state index is 0.753. The van der Waals surface area contributed by atoms with Crippen molar-refractivity contribution >= 4 is 0 Å². The molecule has 0 bridgehead atoms. The molecule has 1 aliphatic rings. The third kappa shape index (κ3) is 5.08. The number of nitrogens with zero attached hydrogens (tertiary/aromatic N) is 2. The molecule has 0 aromatic heterocycles. The summed E-state index contributed by atoms with van der Waals surface area (Å²) < 4.78 is 5.94. The average Bonchev–Trinajstić information content (AvgIpc) is 2.57. The van der Waals surface area contributed by atoms with E-state index >= 15 is 0 Å². The Kier molecular flexibility index (Phi) is 5.89. The molecule has 3 nitrogen and oxygen atoms in total. The van der Waals surface area contributed by atoms with Gasteiger partial charge in [0.15, 0.2) is 0 Å². The van der Waals surface area contributed by atoms with Crippen LogP contribution in [0.15, 0.2) is 54.6 Å². The molecule has 0 unspecified atom stereocenters. The van der Waals surface area contributed by atoms with Gasteiger partial charge in [0.1, 0.15) is 11.5 Å². The van der Waals surface area contributed by atoms with Crippen LogP contribution in [0.2, 0.25) is 0 Å². The highest BCUT2D eigenvalue weighted by atomic mass is 16.5. The van der Waals surface area contributed by atoms with Crippen LogP contribution in [-0.2, 0) is 6.54 Å². The van der Waals surface area contributed by atoms with Crippen LogP contribution in [-0.4, -0.2) is 42.5 Å². The quantitative estimate of drug-likeness (QED) is 0.790. The van der Waals surface area contributed by atoms with Gasteiger partial charge in [-0.25, -0.2) is 0 Å². The minimum atomic E-state index is 0.753. The van der Waals surface area contributed by atoms with Crippen molar-refractivity contribution in [3.63, 3.8) is 0 Å². The van der Waals surface area contributed by atoms with Gasteiger partial charge in [0, 0.05) is 39.3 Å². The van der Waals surface area contributed by atoms with E-state index in [1.54, 1.807) is 0 Å². The Morgan fingerprint density at radius 2 is 1.50 bits per heavy atom. The standard InChI is InChI=1S/C21H28N2O/c1-18(2)16-22-11-13-23(14-12-22)17-19-7-6-10-21(15-19)24-20-8-4-3-5-9-20/h3-10,15,18H,11-14,16-17H2,1-2H3. The van der Waals surface area contributed by atoms with Crippen molar-refractivity contribution in [1.29, 1.82) is 0 Å². The Balaban J connectivity index is 1.54. The lowest BCUT2D eigenvalue weighted by molar-refractivity contribution is 0.117. The number of benzene rings is 2. The zero-order valence-corrected chi connectivity index (χ0v) is 14.8. The third-order valence-corrected chi connectivity index (χ3v) is 4.37. The summed E-state index contributed by atoms with van der Waals surface area (Å²) in [5, 5.41) is 0. The van der Waals surface area contributed by atoms with E-state index in [9.17, 15) is 0 Å². The minimum Gasteiger partial charge on any atom is -0.457 e. The maximum absolute atomic E-state index is 5.94. The van der Waals surface area contributed by atoms with E-state index in [1.165, 1.54) is 25.2 Å². The fraction of sp³-hybridized carbons (Fsp3) is 0.429. The molecule has 0 radical (unpaired) electrons. The number of ether oxygens (including phenoxy) is 1. The first kappa shape index (κ1) is 17.0. The lowest BCUT2D eigenvalue weighted by Crippen LogP contribution is -2.46. The first-order valence-electron chi connectivity index (χ1n) is 8.95. The van der Waals surface area contributed by atoms with Crippen LogP contribution in [0.4, 0.5) is 0 Å². The van der Waals surface area contributed by atoms with Crippen LogP contribution in [0.5, 0.6) is 11.5 Å². The molecule has 24 heavy (non-hydrogen) atoms. The fourth-order valence-electron chi connectivity index (χ4n) is 3.24. The summed E-state index contributed by atoms with van der Waals surface area (Å²) in [7, 11) is 0. The molecule has 0 spiro atoms. The largest absolute Gasteiger partial charge is 0.457 e. The molecule has 1 heterocycles. The van der Waals surface area contributed by atoms with Crippen LogP contribution >= 0.6 is 0 Å². The summed E-state index contributed by atoms with van der Waals surface area (Å²) in [4.78, 5) is 5.12. The van der Waals surface area contributed by atoms with Crippen molar-refractivity contribution in [2.45, 2.75) is 20.4 Å². The molecule has 0 saturated carbocycles. The van der Waals surface area contributed by atoms with Crippen LogP contribution in [0.25, 0.3) is 0 Å². The topological polar surface area (TPSA) is 15.7 Å². The molecule has 1 fully saturated rings. The Labute approximate surface area is 145 Å². The van der Waals surface area contributed by atoms with Crippen molar-refractivity contribution in [2.24, 2.45) is 5.92 Å². The SMILES string of the molecule is CC(C)CN1CCN(Cc2cccc(Oc3ccccc3)c2)CC1. The summed E-state index contributed by atoms with van der Waals surface area (Å²) in [6.45, 7) is 11.5. The van der Waals surface area contributed by atoms with Gasteiger partial charge >= 0.3 is 0 Å². The van der Waals surface area contributed by atoms with Gasteiger partial charge in [0.2, 0.25) is 0 Å². The maximum atomic E-state index is 5.94. The molecule has 0 aliphatic carbocycles.